The number of amides is 5. The lowest BCUT2D eigenvalue weighted by molar-refractivity contribution is -0.143. The number of aromatic amines is 1. The van der Waals surface area contributed by atoms with Crippen LogP contribution in [0.4, 0.5) is 0 Å². The molecule has 0 saturated heterocycles. The van der Waals surface area contributed by atoms with Gasteiger partial charge in [0.05, 0.1) is 25.2 Å². The molecule has 4 unspecified atom stereocenters. The molecule has 11 N–H and O–H groups in total. The minimum Gasteiger partial charge on any atom is -0.480 e. The third kappa shape index (κ3) is 10.6. The summed E-state index contributed by atoms with van der Waals surface area (Å²) in [7, 11) is 0. The fraction of sp³-hybridized carbons (Fsp3) is 0.550. The number of H-pyrrole nitrogens is 1. The number of hydrogen-bond acceptors (Lipinski definition) is 8. The Hall–Kier alpha value is -4.01. The molecule has 1 aromatic heterocycles. The van der Waals surface area contributed by atoms with Crippen LogP contribution in [0.15, 0.2) is 12.5 Å². The molecule has 0 aliphatic carbocycles. The third-order valence-corrected chi connectivity index (χ3v) is 4.73. The Bertz CT molecular complexity index is 919. The highest BCUT2D eigenvalue weighted by Crippen LogP contribution is 2.06. The first-order valence-electron chi connectivity index (χ1n) is 10.7. The lowest BCUT2D eigenvalue weighted by Crippen LogP contribution is -2.58. The number of primary amides is 2. The Labute approximate surface area is 200 Å². The zero-order valence-electron chi connectivity index (χ0n) is 19.4. The van der Waals surface area contributed by atoms with Gasteiger partial charge in [0.2, 0.25) is 29.5 Å². The first-order valence-corrected chi connectivity index (χ1v) is 10.7. The summed E-state index contributed by atoms with van der Waals surface area (Å²) < 4.78 is 0. The second-order valence-electron chi connectivity index (χ2n) is 8.38. The molecule has 0 aromatic carbocycles. The van der Waals surface area contributed by atoms with E-state index >= 15 is 0 Å². The van der Waals surface area contributed by atoms with E-state index in [-0.39, 0.29) is 12.3 Å². The standard InChI is InChI=1S/C20H32N8O7/c1-9(2)3-11(21)17(31)26-13(5-15(22)29)19(33)27-12(4-10-7-24-8-25-10)18(32)28-14(20(34)35)6-16(23)30/h7-9,11-14H,3-6,21H2,1-2H3,(H2,22,29)(H2,23,30)(H,24,25)(H,26,31)(H,27,33)(H,28,32)(H,34,35). The topological polar surface area (TPSA) is 265 Å². The van der Waals surface area contributed by atoms with Gasteiger partial charge in [-0.15, -0.1) is 0 Å². The van der Waals surface area contributed by atoms with E-state index in [0.29, 0.717) is 12.1 Å². The maximum Gasteiger partial charge on any atom is 0.326 e. The van der Waals surface area contributed by atoms with Crippen LogP contribution in [-0.2, 0) is 35.2 Å². The van der Waals surface area contributed by atoms with Crippen molar-refractivity contribution in [1.82, 2.24) is 25.9 Å². The Kier molecular flexibility index (Phi) is 11.3. The zero-order chi connectivity index (χ0) is 26.7. The first kappa shape index (κ1) is 29.0. The monoisotopic (exact) mass is 496 g/mol. The number of rotatable bonds is 15. The van der Waals surface area contributed by atoms with Gasteiger partial charge in [-0.25, -0.2) is 9.78 Å². The van der Waals surface area contributed by atoms with E-state index in [1.165, 1.54) is 12.5 Å². The molecule has 0 fully saturated rings. The normalized spacial score (nSPS) is 14.3. The lowest BCUT2D eigenvalue weighted by atomic mass is 10.0. The number of carboxylic acid groups (broad SMARTS) is 1. The van der Waals surface area contributed by atoms with Crippen LogP contribution in [-0.4, -0.2) is 74.7 Å². The van der Waals surface area contributed by atoms with Gasteiger partial charge in [-0.1, -0.05) is 13.8 Å². The summed E-state index contributed by atoms with van der Waals surface area (Å²) in [4.78, 5) is 78.7. The lowest BCUT2D eigenvalue weighted by Gasteiger charge is -2.24. The van der Waals surface area contributed by atoms with Crippen LogP contribution in [0.3, 0.4) is 0 Å². The van der Waals surface area contributed by atoms with Crippen LogP contribution in [0.2, 0.25) is 0 Å². The number of imidazole rings is 1. The Balaban J connectivity index is 3.08. The van der Waals surface area contributed by atoms with Crippen molar-refractivity contribution < 1.29 is 33.9 Å². The van der Waals surface area contributed by atoms with Gasteiger partial charge in [-0.3, -0.25) is 24.0 Å². The van der Waals surface area contributed by atoms with Gasteiger partial charge < -0.3 is 43.2 Å². The van der Waals surface area contributed by atoms with Gasteiger partial charge in [0.25, 0.3) is 0 Å². The number of nitrogens with zero attached hydrogens (tertiary/aromatic N) is 1. The molecule has 0 aliphatic heterocycles. The summed E-state index contributed by atoms with van der Waals surface area (Å²) in [5.74, 6) is -5.87. The van der Waals surface area contributed by atoms with E-state index < -0.39 is 72.5 Å². The van der Waals surface area contributed by atoms with E-state index in [1.807, 2.05) is 13.8 Å². The Morgan fingerprint density at radius 3 is 1.91 bits per heavy atom. The van der Waals surface area contributed by atoms with Gasteiger partial charge in [-0.05, 0) is 12.3 Å². The van der Waals surface area contributed by atoms with Crippen LogP contribution < -0.4 is 33.2 Å². The Morgan fingerprint density at radius 2 is 1.43 bits per heavy atom. The average Bonchev–Trinajstić information content (AvgIpc) is 3.24. The molecule has 0 aliphatic rings. The molecule has 4 atom stereocenters. The van der Waals surface area contributed by atoms with Crippen molar-refractivity contribution >= 4 is 35.5 Å². The molecule has 15 heteroatoms. The van der Waals surface area contributed by atoms with Crippen LogP contribution in [0.25, 0.3) is 0 Å². The van der Waals surface area contributed by atoms with Crippen molar-refractivity contribution in [2.45, 2.75) is 63.7 Å². The van der Waals surface area contributed by atoms with E-state index in [0.717, 1.165) is 0 Å². The second kappa shape index (κ2) is 13.6. The number of nitrogens with one attached hydrogen (secondary N) is 4. The highest BCUT2D eigenvalue weighted by atomic mass is 16.4. The summed E-state index contributed by atoms with van der Waals surface area (Å²) >= 11 is 0. The van der Waals surface area contributed by atoms with E-state index in [2.05, 4.69) is 25.9 Å². The van der Waals surface area contributed by atoms with Crippen LogP contribution in [0, 0.1) is 5.92 Å². The molecule has 5 amide bonds. The van der Waals surface area contributed by atoms with Gasteiger partial charge >= 0.3 is 5.97 Å². The zero-order valence-corrected chi connectivity index (χ0v) is 19.4. The van der Waals surface area contributed by atoms with Gasteiger partial charge in [0.1, 0.15) is 18.1 Å². The summed E-state index contributed by atoms with van der Waals surface area (Å²) in [5.41, 5.74) is 16.5. The summed E-state index contributed by atoms with van der Waals surface area (Å²) in [6, 6.07) is -5.42. The average molecular weight is 497 g/mol. The predicted molar refractivity (Wildman–Crippen MR) is 121 cm³/mol. The Morgan fingerprint density at radius 1 is 0.914 bits per heavy atom. The highest BCUT2D eigenvalue weighted by Gasteiger charge is 2.32. The number of aromatic nitrogens is 2. The molecule has 0 bridgehead atoms. The predicted octanol–water partition coefficient (Wildman–Crippen LogP) is -3.38. The third-order valence-electron chi connectivity index (χ3n) is 4.73. The molecule has 0 radical (unpaired) electrons. The van der Waals surface area contributed by atoms with Crippen molar-refractivity contribution in [3.63, 3.8) is 0 Å². The van der Waals surface area contributed by atoms with E-state index in [9.17, 15) is 33.9 Å². The molecular formula is C20H32N8O7. The number of carboxylic acids is 1. The maximum absolute atomic E-state index is 12.9. The molecule has 35 heavy (non-hydrogen) atoms. The second-order valence-corrected chi connectivity index (χ2v) is 8.38. The molecule has 1 rings (SSSR count). The molecule has 194 valence electrons. The molecule has 1 heterocycles. The number of carbonyl (C=O) groups excluding carboxylic acids is 5. The maximum atomic E-state index is 12.9. The number of nitrogens with two attached hydrogens (primary N) is 3. The number of carbonyl (C=O) groups is 6. The largest absolute Gasteiger partial charge is 0.480 e. The van der Waals surface area contributed by atoms with E-state index in [1.54, 1.807) is 0 Å². The molecule has 1 aromatic rings. The smallest absolute Gasteiger partial charge is 0.326 e. The summed E-state index contributed by atoms with van der Waals surface area (Å²) in [6.45, 7) is 3.70. The van der Waals surface area contributed by atoms with Gasteiger partial charge in [0, 0.05) is 18.3 Å². The van der Waals surface area contributed by atoms with E-state index in [4.69, 9.17) is 17.2 Å². The molecule has 15 nitrogen and oxygen atoms in total. The molecular weight excluding hydrogens is 464 g/mol. The van der Waals surface area contributed by atoms with Gasteiger partial charge in [-0.2, -0.15) is 0 Å². The number of aliphatic carboxylic acids is 1. The first-order chi connectivity index (χ1) is 16.3. The van der Waals surface area contributed by atoms with Crippen molar-refractivity contribution in [3.8, 4) is 0 Å². The van der Waals surface area contributed by atoms with Crippen molar-refractivity contribution in [3.05, 3.63) is 18.2 Å². The fourth-order valence-electron chi connectivity index (χ4n) is 3.08. The van der Waals surface area contributed by atoms with Crippen LogP contribution >= 0.6 is 0 Å². The van der Waals surface area contributed by atoms with Crippen LogP contribution in [0.1, 0.15) is 38.8 Å². The molecule has 0 saturated carbocycles. The minimum atomic E-state index is -1.64. The highest BCUT2D eigenvalue weighted by molar-refractivity contribution is 5.96. The summed E-state index contributed by atoms with van der Waals surface area (Å²) in [5, 5.41) is 16.1. The summed E-state index contributed by atoms with van der Waals surface area (Å²) in [6.07, 6.45) is 1.59. The van der Waals surface area contributed by atoms with Crippen molar-refractivity contribution in [1.29, 1.82) is 0 Å². The quantitative estimate of drug-likeness (QED) is 0.120. The minimum absolute atomic E-state index is 0.0873. The van der Waals surface area contributed by atoms with Crippen molar-refractivity contribution in [2.75, 3.05) is 0 Å². The van der Waals surface area contributed by atoms with Crippen LogP contribution in [0.5, 0.6) is 0 Å². The fourth-order valence-corrected chi connectivity index (χ4v) is 3.08. The number of hydrogen-bond donors (Lipinski definition) is 8. The van der Waals surface area contributed by atoms with Crippen molar-refractivity contribution in [2.24, 2.45) is 23.1 Å². The molecule has 0 spiro atoms. The SMILES string of the molecule is CC(C)CC(N)C(=O)NC(CC(N)=O)C(=O)NC(Cc1cnc[nH]1)C(=O)NC(CC(N)=O)C(=O)O. The van der Waals surface area contributed by atoms with Gasteiger partial charge in [0.15, 0.2) is 0 Å².